The van der Waals surface area contributed by atoms with Crippen LogP contribution in [0.3, 0.4) is 0 Å². The molecule has 0 aliphatic heterocycles. The molecule has 1 atom stereocenters. The number of rotatable bonds is 7. The molecule has 0 fully saturated rings. The lowest BCUT2D eigenvalue weighted by molar-refractivity contribution is -0.110. The molecule has 0 N–H and O–H groups in total. The van der Waals surface area contributed by atoms with E-state index in [1.165, 1.54) is 25.7 Å². The molecular formula is C11H20O. The minimum absolute atomic E-state index is 0.187. The van der Waals surface area contributed by atoms with Crippen LogP contribution in [0, 0.1) is 5.92 Å². The van der Waals surface area contributed by atoms with Crippen LogP contribution in [0.2, 0.25) is 0 Å². The Hall–Kier alpha value is -0.590. The normalized spacial score (nSPS) is 13.5. The SMILES string of the molecule is CCCCCC=CCC(C)C=O. The zero-order chi connectivity index (χ0) is 9.23. The van der Waals surface area contributed by atoms with Crippen molar-refractivity contribution >= 4 is 6.29 Å². The molecule has 1 heteroatoms. The maximum Gasteiger partial charge on any atom is 0.123 e. The van der Waals surface area contributed by atoms with Crippen LogP contribution in [0.5, 0.6) is 0 Å². The highest BCUT2D eigenvalue weighted by Gasteiger charge is 1.93. The summed E-state index contributed by atoms with van der Waals surface area (Å²) >= 11 is 0. The Morgan fingerprint density at radius 3 is 2.58 bits per heavy atom. The molecule has 0 aromatic heterocycles. The molecular weight excluding hydrogens is 148 g/mol. The Morgan fingerprint density at radius 2 is 2.00 bits per heavy atom. The molecule has 0 radical (unpaired) electrons. The summed E-state index contributed by atoms with van der Waals surface area (Å²) < 4.78 is 0. The van der Waals surface area contributed by atoms with E-state index in [2.05, 4.69) is 19.1 Å². The maximum atomic E-state index is 10.2. The van der Waals surface area contributed by atoms with E-state index in [1.54, 1.807) is 0 Å². The second kappa shape index (κ2) is 8.51. The van der Waals surface area contributed by atoms with Crippen molar-refractivity contribution in [3.05, 3.63) is 12.2 Å². The quantitative estimate of drug-likeness (QED) is 0.324. The molecule has 0 aromatic carbocycles. The number of carbonyl (C=O) groups is 1. The van der Waals surface area contributed by atoms with E-state index < -0.39 is 0 Å². The van der Waals surface area contributed by atoms with E-state index in [4.69, 9.17) is 0 Å². The van der Waals surface area contributed by atoms with Gasteiger partial charge in [0.25, 0.3) is 0 Å². The number of hydrogen-bond acceptors (Lipinski definition) is 1. The van der Waals surface area contributed by atoms with Crippen molar-refractivity contribution in [2.24, 2.45) is 5.92 Å². The van der Waals surface area contributed by atoms with Crippen LogP contribution in [0.25, 0.3) is 0 Å². The smallest absolute Gasteiger partial charge is 0.123 e. The van der Waals surface area contributed by atoms with Crippen molar-refractivity contribution < 1.29 is 4.79 Å². The number of allylic oxidation sites excluding steroid dienone is 2. The van der Waals surface area contributed by atoms with Crippen LogP contribution in [0.15, 0.2) is 12.2 Å². The van der Waals surface area contributed by atoms with Gasteiger partial charge in [0.05, 0.1) is 0 Å². The van der Waals surface area contributed by atoms with Gasteiger partial charge >= 0.3 is 0 Å². The van der Waals surface area contributed by atoms with Gasteiger partial charge in [-0.1, -0.05) is 38.8 Å². The van der Waals surface area contributed by atoms with E-state index in [1.807, 2.05) is 6.92 Å². The highest BCUT2D eigenvalue weighted by molar-refractivity contribution is 5.52. The van der Waals surface area contributed by atoms with Gasteiger partial charge in [-0.2, -0.15) is 0 Å². The number of carbonyl (C=O) groups excluding carboxylic acids is 1. The highest BCUT2D eigenvalue weighted by Crippen LogP contribution is 2.02. The van der Waals surface area contributed by atoms with Gasteiger partial charge in [-0.3, -0.25) is 0 Å². The summed E-state index contributed by atoms with van der Waals surface area (Å²) in [4.78, 5) is 10.2. The topological polar surface area (TPSA) is 17.1 Å². The lowest BCUT2D eigenvalue weighted by Crippen LogP contribution is -1.91. The predicted molar refractivity (Wildman–Crippen MR) is 53.1 cm³/mol. The van der Waals surface area contributed by atoms with Crippen LogP contribution in [-0.2, 0) is 4.79 Å². The molecule has 0 bridgehead atoms. The molecule has 0 saturated heterocycles. The lowest BCUT2D eigenvalue weighted by atomic mass is 10.1. The fourth-order valence-corrected chi connectivity index (χ4v) is 0.996. The van der Waals surface area contributed by atoms with Crippen molar-refractivity contribution in [3.63, 3.8) is 0 Å². The zero-order valence-corrected chi connectivity index (χ0v) is 8.25. The minimum atomic E-state index is 0.187. The van der Waals surface area contributed by atoms with E-state index >= 15 is 0 Å². The van der Waals surface area contributed by atoms with Gasteiger partial charge in [0.15, 0.2) is 0 Å². The summed E-state index contributed by atoms with van der Waals surface area (Å²) in [7, 11) is 0. The Morgan fingerprint density at radius 1 is 1.25 bits per heavy atom. The lowest BCUT2D eigenvalue weighted by Gasteiger charge is -1.95. The van der Waals surface area contributed by atoms with Crippen molar-refractivity contribution in [2.75, 3.05) is 0 Å². The second-order valence-electron chi connectivity index (χ2n) is 3.32. The van der Waals surface area contributed by atoms with Crippen molar-refractivity contribution in [1.29, 1.82) is 0 Å². The predicted octanol–water partition coefficient (Wildman–Crippen LogP) is 3.35. The number of aldehydes is 1. The molecule has 0 heterocycles. The maximum absolute atomic E-state index is 10.2. The van der Waals surface area contributed by atoms with Gasteiger partial charge in [-0.15, -0.1) is 0 Å². The molecule has 1 nitrogen and oxygen atoms in total. The molecule has 70 valence electrons. The van der Waals surface area contributed by atoms with Crippen molar-refractivity contribution in [3.8, 4) is 0 Å². The first-order valence-corrected chi connectivity index (χ1v) is 4.91. The summed E-state index contributed by atoms with van der Waals surface area (Å²) in [5.74, 6) is 0.187. The van der Waals surface area contributed by atoms with E-state index in [0.29, 0.717) is 0 Å². The van der Waals surface area contributed by atoms with Crippen LogP contribution in [0.1, 0.15) is 46.0 Å². The third kappa shape index (κ3) is 7.52. The van der Waals surface area contributed by atoms with E-state index in [-0.39, 0.29) is 5.92 Å². The Kier molecular flexibility index (Phi) is 8.09. The largest absolute Gasteiger partial charge is 0.303 e. The summed E-state index contributed by atoms with van der Waals surface area (Å²) in [6.45, 7) is 4.15. The van der Waals surface area contributed by atoms with Gasteiger partial charge in [-0.05, 0) is 19.3 Å². The Balaban J connectivity index is 3.19. The van der Waals surface area contributed by atoms with Crippen LogP contribution >= 0.6 is 0 Å². The average Bonchev–Trinajstić information content (AvgIpc) is 2.10. The first kappa shape index (κ1) is 11.4. The first-order valence-electron chi connectivity index (χ1n) is 4.91. The third-order valence-corrected chi connectivity index (χ3v) is 1.88. The monoisotopic (exact) mass is 168 g/mol. The summed E-state index contributed by atoms with van der Waals surface area (Å²) in [5, 5.41) is 0. The molecule has 0 saturated carbocycles. The Labute approximate surface area is 75.9 Å². The standard InChI is InChI=1S/C11H20O/c1-3-4-5-6-7-8-9-11(2)10-12/h7-8,10-11H,3-6,9H2,1-2H3. The second-order valence-corrected chi connectivity index (χ2v) is 3.32. The highest BCUT2D eigenvalue weighted by atomic mass is 16.1. The zero-order valence-electron chi connectivity index (χ0n) is 8.25. The van der Waals surface area contributed by atoms with E-state index in [0.717, 1.165) is 12.7 Å². The molecule has 0 spiro atoms. The Bertz CT molecular complexity index is 127. The number of hydrogen-bond donors (Lipinski definition) is 0. The van der Waals surface area contributed by atoms with Gasteiger partial charge in [-0.25, -0.2) is 0 Å². The molecule has 0 aliphatic rings. The average molecular weight is 168 g/mol. The van der Waals surface area contributed by atoms with Crippen LogP contribution in [0.4, 0.5) is 0 Å². The van der Waals surface area contributed by atoms with Gasteiger partial charge < -0.3 is 4.79 Å². The third-order valence-electron chi connectivity index (χ3n) is 1.88. The molecule has 0 aliphatic carbocycles. The van der Waals surface area contributed by atoms with Gasteiger partial charge in [0.1, 0.15) is 6.29 Å². The molecule has 12 heavy (non-hydrogen) atoms. The molecule has 1 unspecified atom stereocenters. The van der Waals surface area contributed by atoms with E-state index in [9.17, 15) is 4.79 Å². The van der Waals surface area contributed by atoms with Gasteiger partial charge in [0.2, 0.25) is 0 Å². The fourth-order valence-electron chi connectivity index (χ4n) is 0.996. The van der Waals surface area contributed by atoms with Gasteiger partial charge in [0, 0.05) is 5.92 Å². The summed E-state index contributed by atoms with van der Waals surface area (Å²) in [6.07, 6.45) is 11.3. The van der Waals surface area contributed by atoms with Crippen LogP contribution in [-0.4, -0.2) is 6.29 Å². The fraction of sp³-hybridized carbons (Fsp3) is 0.727. The van der Waals surface area contributed by atoms with Crippen molar-refractivity contribution in [1.82, 2.24) is 0 Å². The summed E-state index contributed by atoms with van der Waals surface area (Å²) in [6, 6.07) is 0. The minimum Gasteiger partial charge on any atom is -0.303 e. The number of unbranched alkanes of at least 4 members (excludes halogenated alkanes) is 3. The van der Waals surface area contributed by atoms with Crippen molar-refractivity contribution in [2.45, 2.75) is 46.0 Å². The molecule has 0 amide bonds. The molecule has 0 aromatic rings. The summed E-state index contributed by atoms with van der Waals surface area (Å²) in [5.41, 5.74) is 0. The van der Waals surface area contributed by atoms with Crippen LogP contribution < -0.4 is 0 Å². The molecule has 0 rings (SSSR count). The first-order chi connectivity index (χ1) is 5.81.